The molecule has 2 amide bonds. The summed E-state index contributed by atoms with van der Waals surface area (Å²) in [5.74, 6) is 0.844. The van der Waals surface area contributed by atoms with E-state index in [1.54, 1.807) is 6.07 Å². The third-order valence-corrected chi connectivity index (χ3v) is 11.6. The van der Waals surface area contributed by atoms with Crippen molar-refractivity contribution >= 4 is 50.7 Å². The molecule has 2 heterocycles. The Hall–Kier alpha value is -4.39. The lowest BCUT2D eigenvalue weighted by Gasteiger charge is -2.59. The van der Waals surface area contributed by atoms with Crippen molar-refractivity contribution in [3.05, 3.63) is 71.8 Å². The second-order valence-corrected chi connectivity index (χ2v) is 14.1. The average Bonchev–Trinajstić information content (AvgIpc) is 3.62. The molecule has 46 heavy (non-hydrogen) atoms. The number of phenolic OH excluding ortho intramolecular Hbond substituents is 1. The number of fused-ring (bicyclic) bond motifs is 8. The van der Waals surface area contributed by atoms with E-state index < -0.39 is 16.8 Å². The highest BCUT2D eigenvalue weighted by molar-refractivity contribution is 6.10. The Bertz CT molecular complexity index is 1960. The summed E-state index contributed by atoms with van der Waals surface area (Å²) in [5.41, 5.74) is 2.78. The van der Waals surface area contributed by atoms with Crippen molar-refractivity contribution in [2.75, 3.05) is 22.9 Å². The van der Waals surface area contributed by atoms with Gasteiger partial charge in [0.05, 0.1) is 22.2 Å². The van der Waals surface area contributed by atoms with E-state index in [1.165, 1.54) is 6.92 Å². The second-order valence-electron chi connectivity index (χ2n) is 14.1. The van der Waals surface area contributed by atoms with E-state index in [2.05, 4.69) is 19.9 Å². The molecule has 3 aliphatic carbocycles. The fraction of sp³-hybridized carbons (Fsp3) is 0.410. The van der Waals surface area contributed by atoms with E-state index in [0.29, 0.717) is 31.7 Å². The van der Waals surface area contributed by atoms with Gasteiger partial charge in [0, 0.05) is 54.8 Å². The molecule has 2 bridgehead atoms. The number of ether oxygens (including phenoxy) is 1. The number of anilines is 2. The van der Waals surface area contributed by atoms with Crippen molar-refractivity contribution in [1.82, 2.24) is 0 Å². The number of esters is 1. The predicted molar refractivity (Wildman–Crippen MR) is 180 cm³/mol. The summed E-state index contributed by atoms with van der Waals surface area (Å²) in [6.45, 7) is 6.90. The molecular weight excluding hydrogens is 576 g/mol. The molecule has 0 spiro atoms. The largest absolute Gasteiger partial charge is 0.507 e. The molecule has 5 aliphatic rings. The summed E-state index contributed by atoms with van der Waals surface area (Å²) in [7, 11) is 0. The van der Waals surface area contributed by atoms with Crippen LogP contribution in [-0.2, 0) is 14.4 Å². The van der Waals surface area contributed by atoms with Gasteiger partial charge in [-0.1, -0.05) is 68.8 Å². The first-order valence-electron chi connectivity index (χ1n) is 16.8. The Morgan fingerprint density at radius 2 is 1.24 bits per heavy atom. The Morgan fingerprint density at radius 3 is 1.76 bits per heavy atom. The highest BCUT2D eigenvalue weighted by Gasteiger charge is 2.66. The van der Waals surface area contributed by atoms with E-state index in [4.69, 9.17) is 4.74 Å². The molecule has 236 valence electrons. The van der Waals surface area contributed by atoms with Crippen molar-refractivity contribution in [2.45, 2.75) is 77.6 Å². The smallest absolute Gasteiger partial charge is 0.308 e. The number of carbonyl (C=O) groups excluding carboxylic acids is 3. The normalized spacial score (nSPS) is 26.2. The van der Waals surface area contributed by atoms with Crippen molar-refractivity contribution in [1.29, 1.82) is 0 Å². The van der Waals surface area contributed by atoms with Crippen molar-refractivity contribution in [3.63, 3.8) is 0 Å². The van der Waals surface area contributed by atoms with E-state index >= 15 is 0 Å². The minimum atomic E-state index is -0.584. The molecule has 4 aromatic rings. The maximum absolute atomic E-state index is 14.7. The fourth-order valence-electron chi connectivity index (χ4n) is 9.58. The third kappa shape index (κ3) is 3.99. The Labute approximate surface area is 269 Å². The average molecular weight is 617 g/mol. The number of amides is 2. The summed E-state index contributed by atoms with van der Waals surface area (Å²) in [5, 5.41) is 14.7. The lowest BCUT2D eigenvalue weighted by atomic mass is 9.44. The van der Waals surface area contributed by atoms with Gasteiger partial charge >= 0.3 is 5.97 Å². The molecule has 2 atom stereocenters. The highest BCUT2D eigenvalue weighted by Crippen LogP contribution is 2.66. The number of benzene rings is 4. The molecule has 7 heteroatoms. The summed E-state index contributed by atoms with van der Waals surface area (Å²) < 4.78 is 5.67. The van der Waals surface area contributed by atoms with Crippen molar-refractivity contribution < 1.29 is 24.2 Å². The van der Waals surface area contributed by atoms with Gasteiger partial charge in [0.25, 0.3) is 0 Å². The topological polar surface area (TPSA) is 87.2 Å². The van der Waals surface area contributed by atoms with Gasteiger partial charge in [-0.25, -0.2) is 0 Å². The standard InChI is InChI=1S/C39H40N2O5/c1-4-24-19-40(30-17-32(43)26-11-6-8-13-28(26)34(24)30)36(44)38-15-10-16-39(21-38,22-38)37(45)41-20-25(5-2)35-29-14-9-7-12-27(29)33(18-31(35)41)46-23(3)42/h6-9,11-14,17-18,24-25,43H,4-5,10,15-16,19-22H2,1-3H3. The van der Waals surface area contributed by atoms with Crippen LogP contribution in [0.3, 0.4) is 0 Å². The first-order chi connectivity index (χ1) is 22.2. The second kappa shape index (κ2) is 10.3. The predicted octanol–water partition coefficient (Wildman–Crippen LogP) is 7.96. The Balaban J connectivity index is 1.13. The van der Waals surface area contributed by atoms with Crippen LogP contribution in [0.5, 0.6) is 11.5 Å². The van der Waals surface area contributed by atoms with Gasteiger partial charge in [-0.3, -0.25) is 14.4 Å². The van der Waals surface area contributed by atoms with E-state index in [9.17, 15) is 19.5 Å². The molecule has 0 radical (unpaired) electrons. The molecule has 0 aromatic heterocycles. The number of hydrogen-bond donors (Lipinski definition) is 1. The molecular formula is C39H40N2O5. The number of aromatic hydroxyl groups is 1. The van der Waals surface area contributed by atoms with Gasteiger partial charge < -0.3 is 19.6 Å². The van der Waals surface area contributed by atoms with E-state index in [1.807, 2.05) is 58.3 Å². The summed E-state index contributed by atoms with van der Waals surface area (Å²) in [4.78, 5) is 45.2. The van der Waals surface area contributed by atoms with Crippen LogP contribution in [-0.4, -0.2) is 36.0 Å². The number of phenols is 1. The Morgan fingerprint density at radius 1 is 0.761 bits per heavy atom. The molecule has 3 fully saturated rings. The summed E-state index contributed by atoms with van der Waals surface area (Å²) in [6, 6.07) is 19.5. The minimum Gasteiger partial charge on any atom is -0.507 e. The van der Waals surface area contributed by atoms with Gasteiger partial charge in [0.15, 0.2) is 0 Å². The molecule has 0 saturated heterocycles. The van der Waals surface area contributed by atoms with Gasteiger partial charge in [0.1, 0.15) is 11.5 Å². The molecule has 1 N–H and O–H groups in total. The maximum Gasteiger partial charge on any atom is 0.308 e. The Kier molecular flexibility index (Phi) is 6.51. The zero-order valence-corrected chi connectivity index (χ0v) is 26.8. The summed E-state index contributed by atoms with van der Waals surface area (Å²) >= 11 is 0. The number of hydrogen-bond acceptors (Lipinski definition) is 5. The number of carbonyl (C=O) groups is 3. The van der Waals surface area contributed by atoms with Crippen LogP contribution >= 0.6 is 0 Å². The van der Waals surface area contributed by atoms with Crippen LogP contribution < -0.4 is 14.5 Å². The van der Waals surface area contributed by atoms with Crippen LogP contribution in [0.15, 0.2) is 60.7 Å². The number of nitrogens with zero attached hydrogens (tertiary/aromatic N) is 2. The maximum atomic E-state index is 14.7. The van der Waals surface area contributed by atoms with Crippen LogP contribution in [0.4, 0.5) is 11.4 Å². The monoisotopic (exact) mass is 616 g/mol. The lowest BCUT2D eigenvalue weighted by molar-refractivity contribution is -0.165. The van der Waals surface area contributed by atoms with E-state index in [0.717, 1.165) is 76.2 Å². The lowest BCUT2D eigenvalue weighted by Crippen LogP contribution is -2.63. The van der Waals surface area contributed by atoms with Crippen molar-refractivity contribution in [2.24, 2.45) is 10.8 Å². The molecule has 4 aromatic carbocycles. The van der Waals surface area contributed by atoms with Gasteiger partial charge in [0.2, 0.25) is 11.8 Å². The van der Waals surface area contributed by atoms with E-state index in [-0.39, 0.29) is 29.4 Å². The van der Waals surface area contributed by atoms with Gasteiger partial charge in [-0.15, -0.1) is 0 Å². The van der Waals surface area contributed by atoms with Crippen LogP contribution in [0, 0.1) is 10.8 Å². The van der Waals surface area contributed by atoms with Crippen LogP contribution in [0.25, 0.3) is 21.5 Å². The van der Waals surface area contributed by atoms with Crippen LogP contribution in [0.1, 0.15) is 88.7 Å². The van der Waals surface area contributed by atoms with Gasteiger partial charge in [-0.2, -0.15) is 0 Å². The van der Waals surface area contributed by atoms with Crippen molar-refractivity contribution in [3.8, 4) is 11.5 Å². The van der Waals surface area contributed by atoms with Gasteiger partial charge in [-0.05, 0) is 60.4 Å². The number of rotatable bonds is 5. The molecule has 2 aliphatic heterocycles. The minimum absolute atomic E-state index is 0.0915. The SMILES string of the molecule is CCC1CN(C(=O)C23CCCC(C(=O)N4CC(CC)c5c4cc(OC(C)=O)c4ccccc54)(C2)C3)c2cc(O)c3ccccc3c21. The molecule has 7 nitrogen and oxygen atoms in total. The fourth-order valence-corrected chi connectivity index (χ4v) is 9.58. The first-order valence-corrected chi connectivity index (χ1v) is 16.8. The third-order valence-electron chi connectivity index (χ3n) is 11.6. The highest BCUT2D eigenvalue weighted by atomic mass is 16.5. The molecule has 9 rings (SSSR count). The zero-order valence-electron chi connectivity index (χ0n) is 26.8. The zero-order chi connectivity index (χ0) is 32.0. The quantitative estimate of drug-likeness (QED) is 0.182. The van der Waals surface area contributed by atoms with Crippen LogP contribution in [0.2, 0.25) is 0 Å². The summed E-state index contributed by atoms with van der Waals surface area (Å²) in [6.07, 6.45) is 5.26. The molecule has 3 saturated carbocycles. The first kappa shape index (κ1) is 29.0. The molecule has 2 unspecified atom stereocenters.